The Hall–Kier alpha value is -1.43. The van der Waals surface area contributed by atoms with Crippen LogP contribution in [0.25, 0.3) is 0 Å². The van der Waals surface area contributed by atoms with Crippen molar-refractivity contribution in [1.82, 2.24) is 4.90 Å². The number of benzene rings is 1. The minimum absolute atomic E-state index is 0.366. The highest BCUT2D eigenvalue weighted by Gasteiger charge is 2.38. The monoisotopic (exact) mass is 444 g/mol. The average molecular weight is 445 g/mol. The van der Waals surface area contributed by atoms with Crippen LogP contribution in [-0.4, -0.2) is 22.9 Å². The lowest BCUT2D eigenvalue weighted by atomic mass is 9.94. The van der Waals surface area contributed by atoms with Crippen LogP contribution in [0.5, 0.6) is 0 Å². The lowest BCUT2D eigenvalue weighted by molar-refractivity contribution is 0.100. The normalized spacial score (nSPS) is 22.2. The first kappa shape index (κ1) is 18.9. The molecule has 1 amide bonds. The van der Waals surface area contributed by atoms with Crippen molar-refractivity contribution in [1.29, 1.82) is 0 Å². The molecule has 3 heterocycles. The maximum atomic E-state index is 11.2. The minimum Gasteiger partial charge on any atom is -0.366 e. The van der Waals surface area contributed by atoms with E-state index in [0.29, 0.717) is 17.6 Å². The molecule has 2 aliphatic rings. The number of hydrogen-bond donors (Lipinski definition) is 1. The van der Waals surface area contributed by atoms with Crippen LogP contribution in [0.3, 0.4) is 0 Å². The zero-order valence-corrected chi connectivity index (χ0v) is 17.8. The zero-order valence-electron chi connectivity index (χ0n) is 15.4. The minimum atomic E-state index is -0.366. The molecule has 2 saturated heterocycles. The largest absolute Gasteiger partial charge is 0.366 e. The van der Waals surface area contributed by atoms with Gasteiger partial charge >= 0.3 is 0 Å². The third-order valence-electron chi connectivity index (χ3n) is 5.94. The highest BCUT2D eigenvalue weighted by atomic mass is 79.9. The summed E-state index contributed by atoms with van der Waals surface area (Å²) >= 11 is 5.68. The van der Waals surface area contributed by atoms with Crippen LogP contribution < -0.4 is 5.73 Å². The highest BCUT2D eigenvalue weighted by Crippen LogP contribution is 2.42. The number of fused-ring (bicyclic) bond motifs is 2. The highest BCUT2D eigenvalue weighted by molar-refractivity contribution is 9.11. The fourth-order valence-electron chi connectivity index (χ4n) is 4.45. The number of nitrogens with zero attached hydrogens (tertiary/aromatic N) is 1. The van der Waals surface area contributed by atoms with Gasteiger partial charge in [0, 0.05) is 24.2 Å². The van der Waals surface area contributed by atoms with Gasteiger partial charge in [0.15, 0.2) is 0 Å². The van der Waals surface area contributed by atoms with Crippen LogP contribution >= 0.6 is 27.3 Å². The predicted molar refractivity (Wildman–Crippen MR) is 115 cm³/mol. The molecule has 0 aliphatic carbocycles. The van der Waals surface area contributed by atoms with Crippen LogP contribution in [0.15, 0.2) is 51.1 Å². The van der Waals surface area contributed by atoms with Crippen molar-refractivity contribution in [2.45, 2.75) is 57.2 Å². The van der Waals surface area contributed by atoms with E-state index in [4.69, 9.17) is 5.73 Å². The molecule has 0 spiro atoms. The molecule has 2 atom stereocenters. The second-order valence-electron chi connectivity index (χ2n) is 7.67. The molecule has 3 nitrogen and oxygen atoms in total. The van der Waals surface area contributed by atoms with Gasteiger partial charge in [-0.25, -0.2) is 0 Å². The van der Waals surface area contributed by atoms with E-state index in [-0.39, 0.29) is 5.91 Å². The Morgan fingerprint density at radius 1 is 1.11 bits per heavy atom. The standard InChI is InChI=1S/C22H25BrN2OS/c23-21(8-3-15-1-4-17(5-2-15)22(24)26)18-11-19-6-7-20(12-18)25(19)13-16-9-10-27-14-16/h1-2,4-5,9-10,14,19-20H,3,6-8,11-13H2,(H2,24,26). The first-order valence-corrected chi connectivity index (χ1v) is 11.4. The molecule has 2 unspecified atom stereocenters. The number of piperidine rings is 1. The molecule has 1 aromatic carbocycles. The van der Waals surface area contributed by atoms with Gasteiger partial charge < -0.3 is 5.73 Å². The molecular formula is C22H25BrN2OS. The first-order valence-electron chi connectivity index (χ1n) is 9.62. The van der Waals surface area contributed by atoms with Crippen LogP contribution in [-0.2, 0) is 13.0 Å². The van der Waals surface area contributed by atoms with Crippen molar-refractivity contribution in [3.05, 3.63) is 67.8 Å². The van der Waals surface area contributed by atoms with Gasteiger partial charge in [0.1, 0.15) is 0 Å². The van der Waals surface area contributed by atoms with Gasteiger partial charge in [-0.3, -0.25) is 9.69 Å². The molecule has 2 N–H and O–H groups in total. The summed E-state index contributed by atoms with van der Waals surface area (Å²) in [5.41, 5.74) is 10.2. The molecule has 2 aliphatic heterocycles. The molecule has 142 valence electrons. The Balaban J connectivity index is 1.37. The number of carbonyl (C=O) groups is 1. The summed E-state index contributed by atoms with van der Waals surface area (Å²) in [6, 6.07) is 11.3. The number of carbonyl (C=O) groups excluding carboxylic acids is 1. The Morgan fingerprint density at radius 2 is 1.81 bits per heavy atom. The van der Waals surface area contributed by atoms with Crippen LogP contribution in [0.4, 0.5) is 0 Å². The summed E-state index contributed by atoms with van der Waals surface area (Å²) < 4.78 is 1.38. The molecule has 0 radical (unpaired) electrons. The van der Waals surface area contributed by atoms with E-state index in [1.807, 2.05) is 24.3 Å². The Bertz CT molecular complexity index is 813. The molecule has 2 aromatic rings. The van der Waals surface area contributed by atoms with E-state index in [1.54, 1.807) is 16.9 Å². The van der Waals surface area contributed by atoms with E-state index in [0.717, 1.165) is 19.4 Å². The third-order valence-corrected chi connectivity index (χ3v) is 7.62. The van der Waals surface area contributed by atoms with Gasteiger partial charge in [-0.1, -0.05) is 33.6 Å². The van der Waals surface area contributed by atoms with Gasteiger partial charge in [-0.15, -0.1) is 0 Å². The summed E-state index contributed by atoms with van der Waals surface area (Å²) in [7, 11) is 0. The smallest absolute Gasteiger partial charge is 0.248 e. The summed E-state index contributed by atoms with van der Waals surface area (Å²) in [5.74, 6) is -0.366. The Morgan fingerprint density at radius 3 is 2.41 bits per heavy atom. The lowest BCUT2D eigenvalue weighted by Gasteiger charge is -2.36. The Labute approximate surface area is 173 Å². The van der Waals surface area contributed by atoms with Crippen LogP contribution in [0.1, 0.15) is 53.6 Å². The Kier molecular flexibility index (Phi) is 5.81. The number of hydrogen-bond acceptors (Lipinski definition) is 3. The number of allylic oxidation sites excluding steroid dienone is 1. The van der Waals surface area contributed by atoms with Gasteiger partial charge in [-0.2, -0.15) is 11.3 Å². The molecule has 4 rings (SSSR count). The van der Waals surface area contributed by atoms with Crippen molar-refractivity contribution in [3.8, 4) is 0 Å². The van der Waals surface area contributed by atoms with E-state index in [2.05, 4.69) is 37.7 Å². The van der Waals surface area contributed by atoms with E-state index >= 15 is 0 Å². The van der Waals surface area contributed by atoms with Crippen molar-refractivity contribution in [2.24, 2.45) is 5.73 Å². The fraction of sp³-hybridized carbons (Fsp3) is 0.409. The van der Waals surface area contributed by atoms with Gasteiger partial charge in [-0.05, 0) is 83.1 Å². The number of primary amides is 1. The maximum Gasteiger partial charge on any atom is 0.248 e. The molecular weight excluding hydrogens is 420 g/mol. The summed E-state index contributed by atoms with van der Waals surface area (Å²) in [6.07, 6.45) is 7.05. The zero-order chi connectivity index (χ0) is 18.8. The number of aryl methyl sites for hydroxylation is 1. The predicted octanol–water partition coefficient (Wildman–Crippen LogP) is 5.26. The van der Waals surface area contributed by atoms with E-state index in [1.165, 1.54) is 41.3 Å². The van der Waals surface area contributed by atoms with Crippen molar-refractivity contribution < 1.29 is 4.79 Å². The summed E-state index contributed by atoms with van der Waals surface area (Å²) in [6.45, 7) is 1.11. The molecule has 1 aromatic heterocycles. The fourth-order valence-corrected chi connectivity index (χ4v) is 5.63. The number of thiophene rings is 1. The average Bonchev–Trinajstić information content (AvgIpc) is 3.25. The lowest BCUT2D eigenvalue weighted by Crippen LogP contribution is -2.39. The van der Waals surface area contributed by atoms with Gasteiger partial charge in [0.25, 0.3) is 0 Å². The van der Waals surface area contributed by atoms with Gasteiger partial charge in [0.2, 0.25) is 5.91 Å². The second kappa shape index (κ2) is 8.29. The number of amides is 1. The number of rotatable bonds is 6. The quantitative estimate of drug-likeness (QED) is 0.660. The van der Waals surface area contributed by atoms with Crippen LogP contribution in [0, 0.1) is 0 Å². The third kappa shape index (κ3) is 4.36. The van der Waals surface area contributed by atoms with Crippen LogP contribution in [0.2, 0.25) is 0 Å². The van der Waals surface area contributed by atoms with Crippen molar-refractivity contribution in [2.75, 3.05) is 0 Å². The van der Waals surface area contributed by atoms with Gasteiger partial charge in [0.05, 0.1) is 0 Å². The summed E-state index contributed by atoms with van der Waals surface area (Å²) in [5, 5.41) is 4.46. The number of halogens is 1. The topological polar surface area (TPSA) is 46.3 Å². The summed E-state index contributed by atoms with van der Waals surface area (Å²) in [4.78, 5) is 13.9. The molecule has 2 fully saturated rings. The maximum absolute atomic E-state index is 11.2. The van der Waals surface area contributed by atoms with E-state index in [9.17, 15) is 4.79 Å². The molecule has 2 bridgehead atoms. The van der Waals surface area contributed by atoms with Crippen molar-refractivity contribution >= 4 is 33.2 Å². The second-order valence-corrected chi connectivity index (χ2v) is 9.40. The molecule has 27 heavy (non-hydrogen) atoms. The van der Waals surface area contributed by atoms with Crippen molar-refractivity contribution in [3.63, 3.8) is 0 Å². The SMILES string of the molecule is NC(=O)c1ccc(CCC(Br)=C2CC3CCC(C2)N3Cc2ccsc2)cc1. The van der Waals surface area contributed by atoms with E-state index < -0.39 is 0 Å². The molecule has 0 saturated carbocycles. The molecule has 5 heteroatoms. The first-order chi connectivity index (χ1) is 13.1. The number of nitrogens with two attached hydrogens (primary N) is 1.